The fraction of sp³-hybridized carbons (Fsp3) is 0.167. The van der Waals surface area contributed by atoms with Gasteiger partial charge in [-0.25, -0.2) is 0 Å². The van der Waals surface area contributed by atoms with Gasteiger partial charge in [0.1, 0.15) is 48.3 Å². The molecule has 8 N–H and O–H groups in total. The molecule has 0 bridgehead atoms. The third-order valence-corrected chi connectivity index (χ3v) is 6.55. The molecule has 1 aliphatic heterocycles. The molecule has 1 heterocycles. The van der Waals surface area contributed by atoms with E-state index in [1.165, 1.54) is 6.92 Å². The van der Waals surface area contributed by atoms with E-state index < -0.39 is 5.91 Å². The predicted octanol–water partition coefficient (Wildman–Crippen LogP) is 7.23. The van der Waals surface area contributed by atoms with E-state index in [0.717, 1.165) is 5.75 Å². The van der Waals surface area contributed by atoms with Gasteiger partial charge in [0, 0.05) is 11.4 Å². The van der Waals surface area contributed by atoms with E-state index in [-0.39, 0.29) is 37.2 Å². The van der Waals surface area contributed by atoms with Crippen LogP contribution in [0.5, 0.6) is 11.5 Å². The largest absolute Gasteiger partial charge is 0.510 e. The Kier molecular flexibility index (Phi) is 18.7. The summed E-state index contributed by atoms with van der Waals surface area (Å²) in [6, 6.07) is 27.6. The van der Waals surface area contributed by atoms with E-state index in [1.54, 1.807) is 84.9 Å². The average molecular weight is 741 g/mol. The van der Waals surface area contributed by atoms with Gasteiger partial charge < -0.3 is 46.3 Å². The first-order valence-electron chi connectivity index (χ1n) is 15.1. The van der Waals surface area contributed by atoms with Gasteiger partial charge in [0.25, 0.3) is 5.91 Å². The second-order valence-corrected chi connectivity index (χ2v) is 10.8. The quantitative estimate of drug-likeness (QED) is 0.0316. The molecule has 0 unspecified atom stereocenters. The lowest BCUT2D eigenvalue weighted by Crippen LogP contribution is -2.15. The van der Waals surface area contributed by atoms with Gasteiger partial charge in [-0.3, -0.25) is 9.59 Å². The highest BCUT2D eigenvalue weighted by Crippen LogP contribution is 2.25. The first kappa shape index (κ1) is 41.6. The molecule has 15 heteroatoms. The maximum Gasteiger partial charge on any atom is 0.318 e. The van der Waals surface area contributed by atoms with Crippen LogP contribution in [0.15, 0.2) is 131 Å². The van der Waals surface area contributed by atoms with Crippen LogP contribution in [0, 0.1) is 0 Å². The fourth-order valence-electron chi connectivity index (χ4n) is 3.42. The van der Waals surface area contributed by atoms with Gasteiger partial charge in [-0.15, -0.1) is 10.2 Å². The van der Waals surface area contributed by atoms with Crippen molar-refractivity contribution in [3.8, 4) is 11.5 Å². The minimum atomic E-state index is -0.621. The molecule has 51 heavy (non-hydrogen) atoms. The minimum absolute atomic E-state index is 0.0321. The van der Waals surface area contributed by atoms with E-state index >= 15 is 0 Å². The van der Waals surface area contributed by atoms with Crippen LogP contribution in [-0.4, -0.2) is 53.6 Å². The van der Waals surface area contributed by atoms with Gasteiger partial charge in [-0.05, 0) is 79.7 Å². The lowest BCUT2D eigenvalue weighted by molar-refractivity contribution is -0.148. The zero-order chi connectivity index (χ0) is 37.6. The molecule has 0 aromatic heterocycles. The van der Waals surface area contributed by atoms with Gasteiger partial charge in [0.2, 0.25) is 0 Å². The molecule has 4 aromatic carbocycles. The molecule has 270 valence electrons. The van der Waals surface area contributed by atoms with Crippen molar-refractivity contribution in [2.24, 2.45) is 10.2 Å². The van der Waals surface area contributed by atoms with Crippen LogP contribution in [-0.2, 0) is 14.3 Å². The monoisotopic (exact) mass is 739 g/mol. The molecule has 0 radical (unpaired) electrons. The number of aliphatic hydroxyl groups excluding tert-OH is 3. The maximum atomic E-state index is 12.3. The number of aliphatic hydroxyl groups is 3. The van der Waals surface area contributed by atoms with Crippen LogP contribution in [0.4, 0.5) is 22.7 Å². The summed E-state index contributed by atoms with van der Waals surface area (Å²) in [5.74, 6) is 0.809. The summed E-state index contributed by atoms with van der Waals surface area (Å²) >= 11 is 11.6. The van der Waals surface area contributed by atoms with E-state index in [2.05, 4.69) is 26.9 Å². The zero-order valence-corrected chi connectivity index (χ0v) is 29.2. The number of azo groups is 1. The molecule has 0 aliphatic carbocycles. The van der Waals surface area contributed by atoms with E-state index in [0.29, 0.717) is 57.3 Å². The molecule has 13 nitrogen and oxygen atoms in total. The molecule has 0 atom stereocenters. The number of nitrogens with two attached hydrogens (primary N) is 2. The number of cyclic esters (lactones) is 1. The molecule has 0 saturated carbocycles. The van der Waals surface area contributed by atoms with Gasteiger partial charge in [0.05, 0.1) is 28.9 Å². The minimum Gasteiger partial charge on any atom is -0.510 e. The molecular weight excluding hydrogens is 701 g/mol. The molecule has 1 amide bonds. The zero-order valence-electron chi connectivity index (χ0n) is 27.7. The molecule has 1 fully saturated rings. The second-order valence-electron chi connectivity index (χ2n) is 9.99. The van der Waals surface area contributed by atoms with Gasteiger partial charge >= 0.3 is 5.97 Å². The third kappa shape index (κ3) is 16.6. The second kappa shape index (κ2) is 22.9. The number of nitrogen functional groups attached to an aromatic ring is 2. The Balaban J connectivity index is 0.000000290. The Bertz CT molecular complexity index is 1720. The maximum absolute atomic E-state index is 12.3. The topological polar surface area (TPSA) is 211 Å². The predicted molar refractivity (Wildman–Crippen MR) is 198 cm³/mol. The number of carbonyl (C=O) groups excluding carboxylic acids is 2. The number of carbonyl (C=O) groups is 2. The fourth-order valence-corrected chi connectivity index (χ4v) is 3.73. The highest BCUT2D eigenvalue weighted by molar-refractivity contribution is 6.33. The Labute approximate surface area is 305 Å². The molecule has 0 spiro atoms. The first-order valence-corrected chi connectivity index (χ1v) is 15.9. The van der Waals surface area contributed by atoms with Gasteiger partial charge in [-0.2, -0.15) is 0 Å². The van der Waals surface area contributed by atoms with Crippen molar-refractivity contribution in [1.82, 2.24) is 0 Å². The molecule has 1 saturated heterocycles. The lowest BCUT2D eigenvalue weighted by Gasteiger charge is -2.12. The van der Waals surface area contributed by atoms with E-state index in [1.807, 2.05) is 12.1 Å². The van der Waals surface area contributed by atoms with Crippen molar-refractivity contribution < 1.29 is 39.1 Å². The lowest BCUT2D eigenvalue weighted by atomic mass is 10.3. The number of ether oxygens (including phenoxy) is 3. The number of amides is 1. The Morgan fingerprint density at radius 1 is 0.863 bits per heavy atom. The van der Waals surface area contributed by atoms with E-state index in [4.69, 9.17) is 54.4 Å². The normalized spacial score (nSPS) is 11.9. The van der Waals surface area contributed by atoms with Crippen LogP contribution < -0.4 is 26.3 Å². The number of nitrogens with zero attached hydrogens (tertiary/aromatic N) is 2. The summed E-state index contributed by atoms with van der Waals surface area (Å²) in [7, 11) is 0. The molecule has 1 aliphatic rings. The van der Waals surface area contributed by atoms with E-state index in [9.17, 15) is 14.7 Å². The number of allylic oxidation sites excluding steroid dienone is 1. The number of halogens is 2. The van der Waals surface area contributed by atoms with Gasteiger partial charge in [0.15, 0.2) is 5.70 Å². The molecule has 4 aromatic rings. The Morgan fingerprint density at radius 2 is 1.37 bits per heavy atom. The standard InChI is InChI=1S/C18H18ClN3O4.C8H11NO2.C6H6ClN.C4H4O2/c1-12(24)17(22-21-16-5-3-2-4-15(16)19)18(25)20-13-6-8-14(9-7-13)26-11-10-23;9-7-1-3-8(4-2-7)11-6-5-10;7-5-3-1-2-4-6(5)8;1-3-2-4(5)6-3/h2-9,23-24H,10-11H2,1H3,(H,20,25);1-4,10H,5-6,9H2;1-4H,8H2;1-2H2. The molecular formula is C36H39Cl2N5O8. The number of hydrogen-bond donors (Lipinski definition) is 6. The van der Waals surface area contributed by atoms with Crippen LogP contribution in [0.3, 0.4) is 0 Å². The summed E-state index contributed by atoms with van der Waals surface area (Å²) in [6.45, 7) is 5.16. The van der Waals surface area contributed by atoms with Crippen molar-refractivity contribution in [3.63, 3.8) is 0 Å². The highest BCUT2D eigenvalue weighted by Gasteiger charge is 2.18. The van der Waals surface area contributed by atoms with Crippen molar-refractivity contribution in [1.29, 1.82) is 0 Å². The SMILES string of the molecule is C=C1CC(=O)O1.CC(O)=C(N=Nc1ccccc1Cl)C(=O)Nc1ccc(OCCO)cc1.Nc1ccc(OCCO)cc1.Nc1ccccc1Cl. The smallest absolute Gasteiger partial charge is 0.318 e. The Hall–Kier alpha value is -5.60. The van der Waals surface area contributed by atoms with Crippen molar-refractivity contribution in [2.45, 2.75) is 13.3 Å². The average Bonchev–Trinajstić information content (AvgIpc) is 3.10. The Morgan fingerprint density at radius 3 is 1.78 bits per heavy atom. The first-order chi connectivity index (χ1) is 24.4. The number of anilines is 3. The number of rotatable bonds is 10. The summed E-state index contributed by atoms with van der Waals surface area (Å²) in [5, 5.41) is 38.2. The summed E-state index contributed by atoms with van der Waals surface area (Å²) in [5.41, 5.74) is 12.8. The van der Waals surface area contributed by atoms with Crippen LogP contribution in [0.2, 0.25) is 10.0 Å². The van der Waals surface area contributed by atoms with Crippen LogP contribution >= 0.6 is 23.2 Å². The molecule has 5 rings (SSSR count). The highest BCUT2D eigenvalue weighted by atomic mass is 35.5. The van der Waals surface area contributed by atoms with Crippen molar-refractivity contribution in [2.75, 3.05) is 43.2 Å². The van der Waals surface area contributed by atoms with Crippen molar-refractivity contribution >= 4 is 57.8 Å². The number of esters is 1. The summed E-state index contributed by atoms with van der Waals surface area (Å²) in [4.78, 5) is 22.2. The van der Waals surface area contributed by atoms with Crippen molar-refractivity contribution in [3.05, 3.63) is 131 Å². The van der Waals surface area contributed by atoms with Crippen LogP contribution in [0.1, 0.15) is 13.3 Å². The summed E-state index contributed by atoms with van der Waals surface area (Å²) in [6.07, 6.45) is 0.417. The number of nitrogens with one attached hydrogen (secondary N) is 1. The number of para-hydroxylation sites is 1. The number of benzene rings is 4. The third-order valence-electron chi connectivity index (χ3n) is 5.89. The van der Waals surface area contributed by atoms with Crippen LogP contribution in [0.25, 0.3) is 0 Å². The van der Waals surface area contributed by atoms with Gasteiger partial charge in [-0.1, -0.05) is 54.0 Å². The number of hydrogen-bond acceptors (Lipinski definition) is 12. The summed E-state index contributed by atoms with van der Waals surface area (Å²) < 4.78 is 14.7.